The van der Waals surface area contributed by atoms with Gasteiger partial charge in [0.25, 0.3) is 0 Å². The van der Waals surface area contributed by atoms with E-state index in [0.717, 1.165) is 44.2 Å². The molecule has 1 aliphatic heterocycles. The normalized spacial score (nSPS) is 14.5. The maximum absolute atomic E-state index is 13.6. The highest BCUT2D eigenvalue weighted by molar-refractivity contribution is 7.93. The number of rotatable bonds is 9. The summed E-state index contributed by atoms with van der Waals surface area (Å²) in [5.74, 6) is 0.651. The van der Waals surface area contributed by atoms with E-state index in [2.05, 4.69) is 54.5 Å². The molecule has 5 rings (SSSR count). The van der Waals surface area contributed by atoms with E-state index < -0.39 is 21.2 Å². The molecule has 0 radical (unpaired) electrons. The number of benzene rings is 2. The summed E-state index contributed by atoms with van der Waals surface area (Å²) in [6, 6.07) is 7.27. The number of hydrogen-bond donors (Lipinski definition) is 2. The summed E-state index contributed by atoms with van der Waals surface area (Å²) in [6.45, 7) is 3.83. The van der Waals surface area contributed by atoms with E-state index in [-0.39, 0.29) is 37.8 Å². The molecule has 246 valence electrons. The number of piperidine rings is 1. The lowest BCUT2D eigenvalue weighted by atomic mass is 10.0. The van der Waals surface area contributed by atoms with Crippen molar-refractivity contribution in [2.45, 2.75) is 31.3 Å². The molecule has 4 aromatic rings. The summed E-state index contributed by atoms with van der Waals surface area (Å²) in [4.78, 5) is 21.5. The summed E-state index contributed by atoms with van der Waals surface area (Å²) < 4.78 is 71.4. The highest BCUT2D eigenvalue weighted by Crippen LogP contribution is 2.40. The SMILES string of the molecule is COc1cc(N2CCC(N(C)C)CC2)c(C)cc1Nc1ncc(Cl)c(Nc2ccc3nccnc3c2N(C)S(=O)(=O)C(F)(F)F)n1. The molecule has 2 aromatic heterocycles. The summed E-state index contributed by atoms with van der Waals surface area (Å²) in [6.07, 6.45) is 5.99. The van der Waals surface area contributed by atoms with Gasteiger partial charge in [0.2, 0.25) is 5.95 Å². The van der Waals surface area contributed by atoms with Crippen molar-refractivity contribution in [1.29, 1.82) is 0 Å². The van der Waals surface area contributed by atoms with Gasteiger partial charge >= 0.3 is 15.5 Å². The summed E-state index contributed by atoms with van der Waals surface area (Å²) in [5, 5.41) is 6.02. The highest BCUT2D eigenvalue weighted by atomic mass is 35.5. The first-order valence-corrected chi connectivity index (χ1v) is 16.0. The predicted molar refractivity (Wildman–Crippen MR) is 173 cm³/mol. The van der Waals surface area contributed by atoms with Crippen molar-refractivity contribution < 1.29 is 26.3 Å². The monoisotopic (exact) mass is 679 g/mol. The highest BCUT2D eigenvalue weighted by Gasteiger charge is 2.50. The fourth-order valence-corrected chi connectivity index (χ4v) is 6.26. The average Bonchev–Trinajstić information content (AvgIpc) is 3.02. The van der Waals surface area contributed by atoms with Crippen molar-refractivity contribution >= 4 is 67.2 Å². The second-order valence-corrected chi connectivity index (χ2v) is 13.3. The third-order valence-corrected chi connectivity index (χ3v) is 9.64. The zero-order valence-electron chi connectivity index (χ0n) is 25.7. The quantitative estimate of drug-likeness (QED) is 0.226. The van der Waals surface area contributed by atoms with Gasteiger partial charge in [-0.2, -0.15) is 26.6 Å². The number of sulfonamides is 1. The van der Waals surface area contributed by atoms with Crippen LogP contribution in [0.4, 0.5) is 47.7 Å². The van der Waals surface area contributed by atoms with E-state index in [9.17, 15) is 21.6 Å². The molecule has 1 aliphatic rings. The molecule has 2 N–H and O–H groups in total. The van der Waals surface area contributed by atoms with Gasteiger partial charge in [0, 0.05) is 50.3 Å². The molecule has 12 nitrogen and oxygen atoms in total. The lowest BCUT2D eigenvalue weighted by Gasteiger charge is -2.37. The Hall–Kier alpha value is -4.15. The van der Waals surface area contributed by atoms with Crippen LogP contribution in [-0.4, -0.2) is 86.1 Å². The third-order valence-electron chi connectivity index (χ3n) is 7.88. The van der Waals surface area contributed by atoms with Crippen molar-refractivity contribution in [1.82, 2.24) is 24.8 Å². The average molecular weight is 680 g/mol. The van der Waals surface area contributed by atoms with Crippen LogP contribution in [0, 0.1) is 6.92 Å². The molecular formula is C29H33ClF3N9O3S. The number of nitrogens with one attached hydrogen (secondary N) is 2. The number of alkyl halides is 3. The van der Waals surface area contributed by atoms with Gasteiger partial charge in [-0.15, -0.1) is 0 Å². The predicted octanol–water partition coefficient (Wildman–Crippen LogP) is 5.69. The van der Waals surface area contributed by atoms with Gasteiger partial charge in [0.15, 0.2) is 5.82 Å². The van der Waals surface area contributed by atoms with Crippen LogP contribution < -0.4 is 24.6 Å². The minimum Gasteiger partial charge on any atom is -0.494 e. The fourth-order valence-electron chi connectivity index (χ4n) is 5.39. The van der Waals surface area contributed by atoms with Gasteiger partial charge in [-0.05, 0) is 57.6 Å². The van der Waals surface area contributed by atoms with Gasteiger partial charge in [-0.3, -0.25) is 14.3 Å². The van der Waals surface area contributed by atoms with Crippen molar-refractivity contribution in [3.8, 4) is 5.75 Å². The molecule has 0 amide bonds. The number of fused-ring (bicyclic) bond motifs is 1. The van der Waals surface area contributed by atoms with Gasteiger partial charge in [-0.1, -0.05) is 11.6 Å². The molecule has 17 heteroatoms. The van der Waals surface area contributed by atoms with Crippen LogP contribution in [-0.2, 0) is 10.0 Å². The maximum Gasteiger partial charge on any atom is 0.516 e. The van der Waals surface area contributed by atoms with E-state index in [0.29, 0.717) is 17.5 Å². The van der Waals surface area contributed by atoms with Crippen molar-refractivity contribution in [3.63, 3.8) is 0 Å². The molecule has 0 unspecified atom stereocenters. The van der Waals surface area contributed by atoms with E-state index in [1.165, 1.54) is 30.7 Å². The largest absolute Gasteiger partial charge is 0.516 e. The van der Waals surface area contributed by atoms with E-state index in [4.69, 9.17) is 16.3 Å². The maximum atomic E-state index is 13.6. The summed E-state index contributed by atoms with van der Waals surface area (Å²) >= 11 is 6.39. The second-order valence-electron chi connectivity index (χ2n) is 11.0. The molecule has 1 saturated heterocycles. The molecular weight excluding hydrogens is 647 g/mol. The molecule has 0 aliphatic carbocycles. The van der Waals surface area contributed by atoms with Crippen molar-refractivity contribution in [2.75, 3.05) is 61.2 Å². The van der Waals surface area contributed by atoms with Crippen LogP contribution in [0.25, 0.3) is 11.0 Å². The molecule has 1 fully saturated rings. The Morgan fingerprint density at radius 1 is 1.02 bits per heavy atom. The van der Waals surface area contributed by atoms with Crippen molar-refractivity contribution in [3.05, 3.63) is 53.4 Å². The Balaban J connectivity index is 1.46. The number of aromatic nitrogens is 4. The number of anilines is 6. The first-order chi connectivity index (χ1) is 21.7. The number of ether oxygens (including phenoxy) is 1. The standard InChI is InChI=1S/C29H33ClF3N9O3S/c1-17-14-22(24(45-5)15-23(17)42-12-8-18(9-13-42)40(2)3)38-28-36-16-19(30)27(39-28)37-21-7-6-20-25(35-11-10-34-20)26(21)41(4)46(43,44)29(31,32)33/h6-7,10-11,14-16,18H,8-9,12-13H2,1-5H3,(H2,36,37,38,39). The Morgan fingerprint density at radius 3 is 2.37 bits per heavy atom. The van der Waals surface area contributed by atoms with Crippen LogP contribution in [0.15, 0.2) is 42.9 Å². The molecule has 0 atom stereocenters. The van der Waals surface area contributed by atoms with E-state index >= 15 is 0 Å². The fraction of sp³-hybridized carbons (Fsp3) is 0.379. The molecule has 3 heterocycles. The molecule has 0 spiro atoms. The first-order valence-electron chi connectivity index (χ1n) is 14.2. The summed E-state index contributed by atoms with van der Waals surface area (Å²) in [7, 11) is 0.745. The molecule has 0 bridgehead atoms. The Kier molecular flexibility index (Phi) is 9.33. The lowest BCUT2D eigenvalue weighted by Crippen LogP contribution is -2.42. The number of hydrogen-bond acceptors (Lipinski definition) is 11. The Bertz CT molecular complexity index is 1850. The van der Waals surface area contributed by atoms with Gasteiger partial charge in [-0.25, -0.2) is 4.98 Å². The van der Waals surface area contributed by atoms with Crippen LogP contribution in [0.5, 0.6) is 5.75 Å². The van der Waals surface area contributed by atoms with Gasteiger partial charge < -0.3 is 25.2 Å². The van der Waals surface area contributed by atoms with Gasteiger partial charge in [0.05, 0.1) is 30.2 Å². The number of nitrogens with zero attached hydrogens (tertiary/aromatic N) is 7. The second kappa shape index (κ2) is 12.9. The van der Waals surface area contributed by atoms with Crippen molar-refractivity contribution in [2.24, 2.45) is 0 Å². The third kappa shape index (κ3) is 6.55. The molecule has 46 heavy (non-hydrogen) atoms. The lowest BCUT2D eigenvalue weighted by molar-refractivity contribution is -0.0436. The van der Waals surface area contributed by atoms with E-state index in [1.807, 2.05) is 19.1 Å². The Labute approximate surface area is 269 Å². The minimum atomic E-state index is -5.80. The van der Waals surface area contributed by atoms with Crippen LogP contribution in [0.3, 0.4) is 0 Å². The number of methoxy groups -OCH3 is 1. The van der Waals surface area contributed by atoms with E-state index in [1.54, 1.807) is 7.11 Å². The Morgan fingerprint density at radius 2 is 1.72 bits per heavy atom. The minimum absolute atomic E-state index is 0.00228. The number of aryl methyl sites for hydroxylation is 1. The molecule has 2 aromatic carbocycles. The van der Waals surface area contributed by atoms with Gasteiger partial charge in [0.1, 0.15) is 22.0 Å². The van der Waals surface area contributed by atoms with Crippen LogP contribution in [0.1, 0.15) is 18.4 Å². The summed E-state index contributed by atoms with van der Waals surface area (Å²) in [5.41, 5.74) is -3.28. The molecule has 0 saturated carbocycles. The van der Waals surface area contributed by atoms with Crippen LogP contribution >= 0.6 is 11.6 Å². The first kappa shape index (κ1) is 33.2. The number of halogens is 4. The zero-order chi connectivity index (χ0) is 33.4. The smallest absolute Gasteiger partial charge is 0.494 e. The zero-order valence-corrected chi connectivity index (χ0v) is 27.3. The topological polar surface area (TPSA) is 129 Å². The van der Waals surface area contributed by atoms with Crippen LogP contribution in [0.2, 0.25) is 5.02 Å².